The Kier molecular flexibility index (Phi) is 8.02. The highest BCUT2D eigenvalue weighted by molar-refractivity contribution is 7.92. The molecule has 3 aromatic rings. The van der Waals surface area contributed by atoms with Crippen LogP contribution in [0.25, 0.3) is 11.3 Å². The van der Waals surface area contributed by atoms with Crippen LogP contribution in [0.2, 0.25) is 5.02 Å². The van der Waals surface area contributed by atoms with Gasteiger partial charge in [-0.3, -0.25) is 4.72 Å². The van der Waals surface area contributed by atoms with Crippen molar-refractivity contribution in [2.45, 2.75) is 37.8 Å². The molecule has 0 aliphatic carbocycles. The van der Waals surface area contributed by atoms with Crippen LogP contribution >= 0.6 is 24.0 Å². The summed E-state index contributed by atoms with van der Waals surface area (Å²) in [5.41, 5.74) is 0.687. The standard InChI is InChI=1S/C23H27ClN4O4S.ClH/c1-14-12-28(13-15(2)25-14)22-10-8-20(31-4)23(26-22)27-33(29,30)21-9-6-17(11-18(21)24)19-7-5-16(3)32-19;/h5-11,14-15,25H,12-13H2,1-4H3,(H,26,27);1H/t14-,15+;. The maximum Gasteiger partial charge on any atom is 0.264 e. The van der Waals surface area contributed by atoms with Gasteiger partial charge in [0, 0.05) is 30.7 Å². The zero-order valence-corrected chi connectivity index (χ0v) is 21.7. The zero-order chi connectivity index (χ0) is 23.8. The third-order valence-electron chi connectivity index (χ3n) is 5.42. The molecule has 0 unspecified atom stereocenters. The van der Waals surface area contributed by atoms with Gasteiger partial charge in [-0.15, -0.1) is 12.4 Å². The van der Waals surface area contributed by atoms with Gasteiger partial charge in [0.25, 0.3) is 10.0 Å². The normalized spacial score (nSPS) is 18.3. The average molecular weight is 527 g/mol. The maximum atomic E-state index is 13.2. The zero-order valence-electron chi connectivity index (χ0n) is 19.3. The van der Waals surface area contributed by atoms with Gasteiger partial charge in [-0.05, 0) is 63.2 Å². The summed E-state index contributed by atoms with van der Waals surface area (Å²) < 4.78 is 39.9. The van der Waals surface area contributed by atoms with E-state index in [1.165, 1.54) is 13.2 Å². The molecule has 2 atom stereocenters. The van der Waals surface area contributed by atoms with E-state index >= 15 is 0 Å². The van der Waals surface area contributed by atoms with Crippen LogP contribution in [-0.4, -0.2) is 45.7 Å². The number of pyridine rings is 1. The lowest BCUT2D eigenvalue weighted by Gasteiger charge is -2.37. The second-order valence-corrected chi connectivity index (χ2v) is 10.3. The smallest absolute Gasteiger partial charge is 0.264 e. The molecule has 1 aliphatic rings. The number of hydrogen-bond acceptors (Lipinski definition) is 7. The van der Waals surface area contributed by atoms with E-state index in [1.54, 1.807) is 18.2 Å². The first-order valence-corrected chi connectivity index (χ1v) is 12.5. The van der Waals surface area contributed by atoms with Crippen molar-refractivity contribution in [1.29, 1.82) is 0 Å². The number of halogens is 2. The van der Waals surface area contributed by atoms with E-state index in [1.807, 2.05) is 25.1 Å². The molecule has 0 amide bonds. The van der Waals surface area contributed by atoms with Gasteiger partial charge in [0.15, 0.2) is 11.6 Å². The number of nitrogens with one attached hydrogen (secondary N) is 2. The Hall–Kier alpha value is -2.46. The molecule has 0 bridgehead atoms. The SMILES string of the molecule is COc1ccc(N2C[C@@H](C)N[C@@H](C)C2)nc1NS(=O)(=O)c1ccc(-c2ccc(C)o2)cc1Cl.Cl. The van der Waals surface area contributed by atoms with Crippen molar-refractivity contribution in [3.63, 3.8) is 0 Å². The molecule has 1 aliphatic heterocycles. The van der Waals surface area contributed by atoms with Gasteiger partial charge < -0.3 is 19.4 Å². The largest absolute Gasteiger partial charge is 0.493 e. The third kappa shape index (κ3) is 5.60. The topological polar surface area (TPSA) is 96.7 Å². The van der Waals surface area contributed by atoms with Crippen LogP contribution in [0.15, 0.2) is 51.8 Å². The number of hydrogen-bond donors (Lipinski definition) is 2. The molecule has 1 fully saturated rings. The highest BCUT2D eigenvalue weighted by Crippen LogP contribution is 2.33. The molecule has 1 aromatic carbocycles. The molecular formula is C23H28Cl2N4O4S. The van der Waals surface area contributed by atoms with Crippen LogP contribution < -0.4 is 19.7 Å². The van der Waals surface area contributed by atoms with E-state index in [9.17, 15) is 8.42 Å². The monoisotopic (exact) mass is 526 g/mol. The summed E-state index contributed by atoms with van der Waals surface area (Å²) in [7, 11) is -2.56. The van der Waals surface area contributed by atoms with Gasteiger partial charge in [0.05, 0.1) is 12.1 Å². The van der Waals surface area contributed by atoms with Crippen molar-refractivity contribution >= 4 is 45.7 Å². The number of piperazine rings is 1. The van der Waals surface area contributed by atoms with Crippen LogP contribution in [-0.2, 0) is 10.0 Å². The molecule has 0 saturated carbocycles. The van der Waals surface area contributed by atoms with Crippen LogP contribution in [0.3, 0.4) is 0 Å². The van der Waals surface area contributed by atoms with E-state index in [2.05, 4.69) is 33.8 Å². The summed E-state index contributed by atoms with van der Waals surface area (Å²) in [5, 5.41) is 3.55. The van der Waals surface area contributed by atoms with Crippen LogP contribution in [0.4, 0.5) is 11.6 Å². The van der Waals surface area contributed by atoms with Crippen LogP contribution in [0.1, 0.15) is 19.6 Å². The molecule has 2 N–H and O–H groups in total. The Balaban J connectivity index is 0.00000324. The Bertz CT molecular complexity index is 1260. The summed E-state index contributed by atoms with van der Waals surface area (Å²) in [5.74, 6) is 2.46. The Labute approximate surface area is 211 Å². The number of furan rings is 1. The van der Waals surface area contributed by atoms with Gasteiger partial charge in [0.1, 0.15) is 22.2 Å². The fourth-order valence-electron chi connectivity index (χ4n) is 4.01. The minimum Gasteiger partial charge on any atom is -0.493 e. The highest BCUT2D eigenvalue weighted by atomic mass is 35.5. The number of sulfonamides is 1. The number of aromatic nitrogens is 1. The number of rotatable bonds is 6. The van der Waals surface area contributed by atoms with E-state index in [0.29, 0.717) is 22.9 Å². The molecule has 8 nitrogen and oxygen atoms in total. The van der Waals surface area contributed by atoms with Crippen molar-refractivity contribution in [1.82, 2.24) is 10.3 Å². The lowest BCUT2D eigenvalue weighted by Crippen LogP contribution is -2.54. The lowest BCUT2D eigenvalue weighted by atomic mass is 10.1. The number of methoxy groups -OCH3 is 1. The molecule has 2 aromatic heterocycles. The first-order valence-electron chi connectivity index (χ1n) is 10.6. The molecule has 34 heavy (non-hydrogen) atoms. The number of nitrogens with zero attached hydrogens (tertiary/aromatic N) is 2. The van der Waals surface area contributed by atoms with Crippen molar-refractivity contribution in [3.05, 3.63) is 53.2 Å². The summed E-state index contributed by atoms with van der Waals surface area (Å²) in [4.78, 5) is 6.63. The molecule has 4 rings (SSSR count). The van der Waals surface area contributed by atoms with Crippen molar-refractivity contribution in [3.8, 4) is 17.1 Å². The molecule has 1 saturated heterocycles. The quantitative estimate of drug-likeness (QED) is 0.479. The minimum atomic E-state index is -4.03. The Morgan fingerprint density at radius 1 is 1.15 bits per heavy atom. The molecular weight excluding hydrogens is 499 g/mol. The summed E-state index contributed by atoms with van der Waals surface area (Å²) in [6.45, 7) is 7.56. The van der Waals surface area contributed by atoms with Gasteiger partial charge in [-0.1, -0.05) is 11.6 Å². The second kappa shape index (κ2) is 10.4. The van der Waals surface area contributed by atoms with Crippen molar-refractivity contribution in [2.75, 3.05) is 29.8 Å². The highest BCUT2D eigenvalue weighted by Gasteiger charge is 2.25. The van der Waals surface area contributed by atoms with E-state index in [-0.39, 0.29) is 40.2 Å². The van der Waals surface area contributed by atoms with Crippen LogP contribution in [0, 0.1) is 6.92 Å². The third-order valence-corrected chi connectivity index (χ3v) is 7.24. The fourth-order valence-corrected chi connectivity index (χ4v) is 5.57. The Morgan fingerprint density at radius 2 is 1.85 bits per heavy atom. The second-order valence-electron chi connectivity index (χ2n) is 8.26. The molecule has 0 spiro atoms. The maximum absolute atomic E-state index is 13.2. The predicted molar refractivity (Wildman–Crippen MR) is 137 cm³/mol. The van der Waals surface area contributed by atoms with Gasteiger partial charge in [-0.2, -0.15) is 0 Å². The first-order chi connectivity index (χ1) is 15.7. The number of aryl methyl sites for hydroxylation is 1. The summed E-state index contributed by atoms with van der Waals surface area (Å²) in [6, 6.07) is 12.4. The van der Waals surface area contributed by atoms with Gasteiger partial charge in [-0.25, -0.2) is 13.4 Å². The van der Waals surface area contributed by atoms with Gasteiger partial charge in [0.2, 0.25) is 0 Å². The van der Waals surface area contributed by atoms with Gasteiger partial charge >= 0.3 is 0 Å². The minimum absolute atomic E-state index is 0. The van der Waals surface area contributed by atoms with Crippen molar-refractivity contribution in [2.24, 2.45) is 0 Å². The molecule has 0 radical (unpaired) electrons. The van der Waals surface area contributed by atoms with E-state index in [0.717, 1.165) is 18.8 Å². The molecule has 11 heteroatoms. The molecule has 184 valence electrons. The van der Waals surface area contributed by atoms with Crippen molar-refractivity contribution < 1.29 is 17.6 Å². The Morgan fingerprint density at radius 3 is 2.44 bits per heavy atom. The average Bonchev–Trinajstić information content (AvgIpc) is 3.19. The first kappa shape index (κ1) is 26.2. The van der Waals surface area contributed by atoms with E-state index in [4.69, 9.17) is 20.8 Å². The number of ether oxygens (including phenoxy) is 1. The fraction of sp³-hybridized carbons (Fsp3) is 0.348. The molecule has 3 heterocycles. The number of anilines is 2. The van der Waals surface area contributed by atoms with Crippen LogP contribution in [0.5, 0.6) is 5.75 Å². The number of benzene rings is 1. The summed E-state index contributed by atoms with van der Waals surface area (Å²) in [6.07, 6.45) is 0. The van der Waals surface area contributed by atoms with E-state index < -0.39 is 10.0 Å². The lowest BCUT2D eigenvalue weighted by molar-refractivity contribution is 0.403. The summed E-state index contributed by atoms with van der Waals surface area (Å²) >= 11 is 6.37. The predicted octanol–water partition coefficient (Wildman–Crippen LogP) is 4.72.